The van der Waals surface area contributed by atoms with Gasteiger partial charge in [0.25, 0.3) is 0 Å². The highest BCUT2D eigenvalue weighted by Crippen LogP contribution is 2.32. The Bertz CT molecular complexity index is 369. The molecule has 17 heavy (non-hydrogen) atoms. The molecule has 1 atom stereocenters. The van der Waals surface area contributed by atoms with Crippen LogP contribution >= 0.6 is 0 Å². The highest BCUT2D eigenvalue weighted by atomic mass is 16.5. The summed E-state index contributed by atoms with van der Waals surface area (Å²) in [5.74, 6) is 1.51. The van der Waals surface area contributed by atoms with Crippen LogP contribution in [0.25, 0.3) is 0 Å². The SMILES string of the molecule is COc1ccc(CN)cc1OC(C)C(C)(C)C. The number of hydrogen-bond donors (Lipinski definition) is 1. The van der Waals surface area contributed by atoms with Crippen molar-refractivity contribution in [1.29, 1.82) is 0 Å². The molecule has 0 aromatic heterocycles. The highest BCUT2D eigenvalue weighted by molar-refractivity contribution is 5.43. The van der Waals surface area contributed by atoms with Gasteiger partial charge in [0.15, 0.2) is 11.5 Å². The molecule has 0 radical (unpaired) electrons. The van der Waals surface area contributed by atoms with Gasteiger partial charge in [-0.25, -0.2) is 0 Å². The summed E-state index contributed by atoms with van der Waals surface area (Å²) in [5, 5.41) is 0. The van der Waals surface area contributed by atoms with E-state index in [-0.39, 0.29) is 11.5 Å². The Morgan fingerprint density at radius 2 is 1.88 bits per heavy atom. The van der Waals surface area contributed by atoms with E-state index in [0.717, 1.165) is 17.1 Å². The van der Waals surface area contributed by atoms with Crippen LogP contribution in [0.5, 0.6) is 11.5 Å². The molecule has 1 aromatic rings. The molecule has 3 heteroatoms. The molecule has 0 aliphatic rings. The van der Waals surface area contributed by atoms with E-state index in [1.165, 1.54) is 0 Å². The van der Waals surface area contributed by atoms with Crippen LogP contribution in [0.3, 0.4) is 0 Å². The Labute approximate surface area is 104 Å². The number of hydrogen-bond acceptors (Lipinski definition) is 3. The van der Waals surface area contributed by atoms with E-state index in [2.05, 4.69) is 27.7 Å². The van der Waals surface area contributed by atoms with Gasteiger partial charge in [-0.1, -0.05) is 26.8 Å². The summed E-state index contributed by atoms with van der Waals surface area (Å²) in [5.41, 5.74) is 6.76. The minimum atomic E-state index is 0.0870. The number of rotatable bonds is 4. The molecule has 0 aliphatic carbocycles. The molecule has 96 valence electrons. The number of ether oxygens (including phenoxy) is 2. The van der Waals surface area contributed by atoms with E-state index in [0.29, 0.717) is 6.54 Å². The zero-order valence-corrected chi connectivity index (χ0v) is 11.4. The molecule has 2 N–H and O–H groups in total. The largest absolute Gasteiger partial charge is 0.493 e. The molecule has 0 fully saturated rings. The quantitative estimate of drug-likeness (QED) is 0.875. The fourth-order valence-electron chi connectivity index (χ4n) is 1.31. The van der Waals surface area contributed by atoms with Crippen molar-refractivity contribution >= 4 is 0 Å². The Morgan fingerprint density at radius 3 is 2.35 bits per heavy atom. The summed E-state index contributed by atoms with van der Waals surface area (Å²) in [4.78, 5) is 0. The minimum Gasteiger partial charge on any atom is -0.493 e. The van der Waals surface area contributed by atoms with Gasteiger partial charge in [0.2, 0.25) is 0 Å². The molecule has 1 unspecified atom stereocenters. The second kappa shape index (κ2) is 5.41. The van der Waals surface area contributed by atoms with Gasteiger partial charge < -0.3 is 15.2 Å². The van der Waals surface area contributed by atoms with E-state index < -0.39 is 0 Å². The molecule has 0 spiro atoms. The van der Waals surface area contributed by atoms with Crippen molar-refractivity contribution in [2.45, 2.75) is 40.3 Å². The van der Waals surface area contributed by atoms with Gasteiger partial charge >= 0.3 is 0 Å². The van der Waals surface area contributed by atoms with Crippen LogP contribution in [0.2, 0.25) is 0 Å². The van der Waals surface area contributed by atoms with Crippen molar-refractivity contribution < 1.29 is 9.47 Å². The molecule has 1 rings (SSSR count). The first-order valence-electron chi connectivity index (χ1n) is 5.92. The lowest BCUT2D eigenvalue weighted by molar-refractivity contribution is 0.0999. The average Bonchev–Trinajstić information content (AvgIpc) is 2.27. The van der Waals surface area contributed by atoms with E-state index in [4.69, 9.17) is 15.2 Å². The Balaban J connectivity index is 2.95. The first kappa shape index (κ1) is 13.8. The van der Waals surface area contributed by atoms with Crippen LogP contribution in [0.1, 0.15) is 33.3 Å². The third kappa shape index (κ3) is 3.63. The van der Waals surface area contributed by atoms with Crippen molar-refractivity contribution in [3.8, 4) is 11.5 Å². The van der Waals surface area contributed by atoms with Crippen LogP contribution < -0.4 is 15.2 Å². The molecule has 0 saturated heterocycles. The molecule has 1 aromatic carbocycles. The van der Waals surface area contributed by atoms with Crippen molar-refractivity contribution in [3.05, 3.63) is 23.8 Å². The molecule has 3 nitrogen and oxygen atoms in total. The van der Waals surface area contributed by atoms with E-state index >= 15 is 0 Å². The first-order chi connectivity index (χ1) is 7.88. The topological polar surface area (TPSA) is 44.5 Å². The monoisotopic (exact) mass is 237 g/mol. The zero-order valence-electron chi connectivity index (χ0n) is 11.4. The van der Waals surface area contributed by atoms with Gasteiger partial charge in [-0.05, 0) is 30.0 Å². The third-order valence-corrected chi connectivity index (χ3v) is 2.99. The normalized spacial score (nSPS) is 13.3. The van der Waals surface area contributed by atoms with Crippen LogP contribution in [-0.4, -0.2) is 13.2 Å². The van der Waals surface area contributed by atoms with Crippen LogP contribution in [-0.2, 0) is 6.54 Å². The molecule has 0 saturated carbocycles. The standard InChI is InChI=1S/C14H23NO2/c1-10(14(2,3)4)17-13-8-11(9-15)6-7-12(13)16-5/h6-8,10H,9,15H2,1-5H3. The molecule has 0 heterocycles. The minimum absolute atomic E-state index is 0.0870. The summed E-state index contributed by atoms with van der Waals surface area (Å²) in [7, 11) is 1.64. The number of methoxy groups -OCH3 is 1. The lowest BCUT2D eigenvalue weighted by atomic mass is 9.90. The molecule has 0 amide bonds. The van der Waals surface area contributed by atoms with Crippen molar-refractivity contribution in [1.82, 2.24) is 0 Å². The smallest absolute Gasteiger partial charge is 0.161 e. The van der Waals surface area contributed by atoms with Crippen LogP contribution in [0, 0.1) is 5.41 Å². The number of benzene rings is 1. The van der Waals surface area contributed by atoms with Crippen molar-refractivity contribution in [2.24, 2.45) is 11.1 Å². The Hall–Kier alpha value is -1.22. The maximum Gasteiger partial charge on any atom is 0.161 e. The van der Waals surface area contributed by atoms with E-state index in [1.54, 1.807) is 7.11 Å². The summed E-state index contributed by atoms with van der Waals surface area (Å²) < 4.78 is 11.3. The summed E-state index contributed by atoms with van der Waals surface area (Å²) >= 11 is 0. The van der Waals surface area contributed by atoms with Crippen molar-refractivity contribution in [3.63, 3.8) is 0 Å². The summed E-state index contributed by atoms with van der Waals surface area (Å²) in [6.07, 6.45) is 0.101. The molecule has 0 aliphatic heterocycles. The second-order valence-corrected chi connectivity index (χ2v) is 5.32. The Kier molecular flexibility index (Phi) is 4.40. The maximum atomic E-state index is 5.96. The molecule has 0 bridgehead atoms. The average molecular weight is 237 g/mol. The first-order valence-corrected chi connectivity index (χ1v) is 5.92. The predicted octanol–water partition coefficient (Wildman–Crippen LogP) is 2.97. The zero-order chi connectivity index (χ0) is 13.1. The fourth-order valence-corrected chi connectivity index (χ4v) is 1.31. The van der Waals surface area contributed by atoms with Crippen molar-refractivity contribution in [2.75, 3.05) is 7.11 Å². The molecular formula is C14H23NO2. The Morgan fingerprint density at radius 1 is 1.24 bits per heavy atom. The lowest BCUT2D eigenvalue weighted by Crippen LogP contribution is -2.29. The van der Waals surface area contributed by atoms with E-state index in [9.17, 15) is 0 Å². The summed E-state index contributed by atoms with van der Waals surface area (Å²) in [6, 6.07) is 5.79. The molecular weight excluding hydrogens is 214 g/mol. The van der Waals surface area contributed by atoms with Gasteiger partial charge in [-0.2, -0.15) is 0 Å². The van der Waals surface area contributed by atoms with Gasteiger partial charge in [0, 0.05) is 6.54 Å². The van der Waals surface area contributed by atoms with Crippen LogP contribution in [0.4, 0.5) is 0 Å². The highest BCUT2D eigenvalue weighted by Gasteiger charge is 2.22. The predicted molar refractivity (Wildman–Crippen MR) is 70.4 cm³/mol. The fraction of sp³-hybridized carbons (Fsp3) is 0.571. The number of nitrogens with two attached hydrogens (primary N) is 1. The van der Waals surface area contributed by atoms with Gasteiger partial charge in [0.1, 0.15) is 6.10 Å². The second-order valence-electron chi connectivity index (χ2n) is 5.32. The van der Waals surface area contributed by atoms with E-state index in [1.807, 2.05) is 18.2 Å². The lowest BCUT2D eigenvalue weighted by Gasteiger charge is -2.28. The maximum absolute atomic E-state index is 5.96. The van der Waals surface area contributed by atoms with Gasteiger partial charge in [0.05, 0.1) is 7.11 Å². The van der Waals surface area contributed by atoms with Gasteiger partial charge in [-0.3, -0.25) is 0 Å². The van der Waals surface area contributed by atoms with Gasteiger partial charge in [-0.15, -0.1) is 0 Å². The summed E-state index contributed by atoms with van der Waals surface area (Å²) in [6.45, 7) is 9.02. The third-order valence-electron chi connectivity index (χ3n) is 2.99. The van der Waals surface area contributed by atoms with Crippen LogP contribution in [0.15, 0.2) is 18.2 Å².